The van der Waals surface area contributed by atoms with E-state index < -0.39 is 0 Å². The normalized spacial score (nSPS) is 12.0. The molecule has 0 heteroatoms. The first-order valence-electron chi connectivity index (χ1n) is 29.3. The molecule has 18 aromatic carbocycles. The summed E-state index contributed by atoms with van der Waals surface area (Å²) >= 11 is 0. The highest BCUT2D eigenvalue weighted by atomic mass is 14.2. The Balaban J connectivity index is 0.828. The van der Waals surface area contributed by atoms with Crippen LogP contribution < -0.4 is 0 Å². The zero-order valence-electron chi connectivity index (χ0n) is 45.9. The van der Waals surface area contributed by atoms with Crippen molar-refractivity contribution in [3.63, 3.8) is 0 Å². The van der Waals surface area contributed by atoms with Crippen LogP contribution >= 0.6 is 0 Å². The van der Waals surface area contributed by atoms with Crippen LogP contribution in [0.2, 0.25) is 0 Å². The summed E-state index contributed by atoms with van der Waals surface area (Å²) in [6.45, 7) is 0. The van der Waals surface area contributed by atoms with Crippen LogP contribution in [0.1, 0.15) is 0 Å². The van der Waals surface area contributed by atoms with Crippen LogP contribution in [-0.4, -0.2) is 0 Å². The van der Waals surface area contributed by atoms with E-state index in [0.717, 1.165) is 0 Å². The predicted molar refractivity (Wildman–Crippen MR) is 364 cm³/mol. The van der Waals surface area contributed by atoms with E-state index in [-0.39, 0.29) is 0 Å². The van der Waals surface area contributed by atoms with Gasteiger partial charge in [0.1, 0.15) is 0 Å². The van der Waals surface area contributed by atoms with Gasteiger partial charge in [-0.3, -0.25) is 0 Å². The van der Waals surface area contributed by atoms with Crippen LogP contribution in [0.4, 0.5) is 0 Å². The Morgan fingerprint density at radius 1 is 0.119 bits per heavy atom. The fourth-order valence-corrected chi connectivity index (χ4v) is 14.9. The summed E-state index contributed by atoms with van der Waals surface area (Å²) < 4.78 is 0. The first-order valence-corrected chi connectivity index (χ1v) is 29.3. The topological polar surface area (TPSA) is 0 Å². The third kappa shape index (κ3) is 6.89. The SMILES string of the molecule is c1ccc(-c2c3ccccc3cc3c2ccc2c(-c4c5ccccc5cc5c4ccc4c(-c6cccc7c6ccc6c(-c8cccc9c8ccc8c(-c%10ccccc%10)c%10ccccc%10cc89)c8ccccc8cc67)cccc45)cccc23)cc1. The third-order valence-corrected chi connectivity index (χ3v) is 18.6. The van der Waals surface area contributed by atoms with Crippen molar-refractivity contribution in [1.82, 2.24) is 0 Å². The molecule has 0 aliphatic rings. The summed E-state index contributed by atoms with van der Waals surface area (Å²) in [6.07, 6.45) is 0. The molecule has 0 heterocycles. The molecule has 0 spiro atoms. The molecule has 84 heavy (non-hydrogen) atoms. The monoisotopic (exact) mass is 1060 g/mol. The highest BCUT2D eigenvalue weighted by Gasteiger charge is 2.22. The Morgan fingerprint density at radius 3 is 0.690 bits per heavy atom. The fraction of sp³-hybridized carbons (Fsp3) is 0. The molecule has 0 radical (unpaired) electrons. The number of benzene rings is 18. The zero-order valence-corrected chi connectivity index (χ0v) is 45.9. The molecule has 0 fully saturated rings. The highest BCUT2D eigenvalue weighted by molar-refractivity contribution is 6.30. The third-order valence-electron chi connectivity index (χ3n) is 18.6. The van der Waals surface area contributed by atoms with E-state index in [4.69, 9.17) is 0 Å². The maximum atomic E-state index is 2.43. The average Bonchev–Trinajstić information content (AvgIpc) is 1.41. The van der Waals surface area contributed by atoms with Gasteiger partial charge in [0.2, 0.25) is 0 Å². The van der Waals surface area contributed by atoms with Crippen LogP contribution in [0.15, 0.2) is 303 Å². The van der Waals surface area contributed by atoms with Crippen LogP contribution in [0.25, 0.3) is 185 Å². The zero-order chi connectivity index (χ0) is 55.0. The Kier molecular flexibility index (Phi) is 10.2. The van der Waals surface area contributed by atoms with Gasteiger partial charge in [-0.2, -0.15) is 0 Å². The molecule has 0 N–H and O–H groups in total. The predicted octanol–water partition coefficient (Wildman–Crippen LogP) is 23.9. The molecule has 0 saturated heterocycles. The second-order valence-electron chi connectivity index (χ2n) is 22.9. The van der Waals surface area contributed by atoms with E-state index in [1.54, 1.807) is 0 Å². The maximum absolute atomic E-state index is 2.43. The van der Waals surface area contributed by atoms with Crippen molar-refractivity contribution in [3.05, 3.63) is 303 Å². The number of hydrogen-bond donors (Lipinski definition) is 0. The van der Waals surface area contributed by atoms with E-state index in [1.807, 2.05) is 0 Å². The van der Waals surface area contributed by atoms with Crippen molar-refractivity contribution in [2.24, 2.45) is 0 Å². The van der Waals surface area contributed by atoms with E-state index in [0.29, 0.717) is 0 Å². The molecule has 386 valence electrons. The summed E-state index contributed by atoms with van der Waals surface area (Å²) in [4.78, 5) is 0. The van der Waals surface area contributed by atoms with Gasteiger partial charge in [-0.15, -0.1) is 0 Å². The van der Waals surface area contributed by atoms with E-state index >= 15 is 0 Å². The molecular formula is C84H50. The van der Waals surface area contributed by atoms with Gasteiger partial charge in [0.15, 0.2) is 0 Å². The van der Waals surface area contributed by atoms with Gasteiger partial charge < -0.3 is 0 Å². The summed E-state index contributed by atoms with van der Waals surface area (Å²) in [6, 6.07) is 114. The van der Waals surface area contributed by atoms with Crippen LogP contribution in [0, 0.1) is 0 Å². The number of fused-ring (bicyclic) bond motifs is 16. The molecule has 0 aliphatic carbocycles. The van der Waals surface area contributed by atoms with Crippen molar-refractivity contribution >= 4 is 129 Å². The van der Waals surface area contributed by atoms with Gasteiger partial charge >= 0.3 is 0 Å². The van der Waals surface area contributed by atoms with E-state index in [2.05, 4.69) is 303 Å². The minimum atomic E-state index is 1.23. The van der Waals surface area contributed by atoms with Crippen LogP contribution in [0.3, 0.4) is 0 Å². The quantitative estimate of drug-likeness (QED) is 0.119. The van der Waals surface area contributed by atoms with Crippen molar-refractivity contribution in [2.75, 3.05) is 0 Å². The van der Waals surface area contributed by atoms with Crippen LogP contribution in [0.5, 0.6) is 0 Å². The van der Waals surface area contributed by atoms with Crippen molar-refractivity contribution in [1.29, 1.82) is 0 Å². The van der Waals surface area contributed by atoms with E-state index in [1.165, 1.54) is 185 Å². The molecule has 18 aromatic rings. The Morgan fingerprint density at radius 2 is 0.357 bits per heavy atom. The largest absolute Gasteiger partial charge is 0.0622 e. The van der Waals surface area contributed by atoms with Crippen molar-refractivity contribution in [3.8, 4) is 55.6 Å². The summed E-state index contributed by atoms with van der Waals surface area (Å²) in [5.41, 5.74) is 12.5. The van der Waals surface area contributed by atoms with Gasteiger partial charge in [-0.05, 0) is 209 Å². The summed E-state index contributed by atoms with van der Waals surface area (Å²) in [5, 5.41) is 30.2. The minimum absolute atomic E-state index is 1.23. The second-order valence-corrected chi connectivity index (χ2v) is 22.9. The molecule has 0 bridgehead atoms. The molecule has 18 rings (SSSR count). The summed E-state index contributed by atoms with van der Waals surface area (Å²) in [7, 11) is 0. The molecule has 0 unspecified atom stereocenters. The smallest absolute Gasteiger partial charge is 0.00204 e. The van der Waals surface area contributed by atoms with Gasteiger partial charge in [-0.25, -0.2) is 0 Å². The van der Waals surface area contributed by atoms with Crippen LogP contribution in [-0.2, 0) is 0 Å². The minimum Gasteiger partial charge on any atom is -0.0622 e. The molecule has 0 nitrogen and oxygen atoms in total. The number of rotatable bonds is 5. The molecular weight excluding hydrogens is 1010 g/mol. The molecule has 0 amide bonds. The van der Waals surface area contributed by atoms with Gasteiger partial charge in [0.05, 0.1) is 0 Å². The molecule has 0 atom stereocenters. The lowest BCUT2D eigenvalue weighted by atomic mass is 9.84. The lowest BCUT2D eigenvalue weighted by Crippen LogP contribution is -1.92. The fourth-order valence-electron chi connectivity index (χ4n) is 14.9. The Bertz CT molecular complexity index is 5470. The standard InChI is InChI=1S/C84H50/c1-3-19-51(20-4-1)81-57-27-11-7-23-53(57)47-77-65-35-17-37-71(69(65)41-43-73(77)81)83-59-29-13-9-25-55(59)49-79-63-33-15-31-61(67(63)39-45-75(79)83)62-32-16-34-64-68(62)40-46-76-80(64)50-56-26-10-14-30-60(56)84(76)72-38-18-36-66-70(72)42-44-74-78(66)48-54-24-8-12-28-58(54)82(74)52-21-5-2-6-22-52/h1-50H. The lowest BCUT2D eigenvalue weighted by Gasteiger charge is -2.19. The summed E-state index contributed by atoms with van der Waals surface area (Å²) in [5.74, 6) is 0. The van der Waals surface area contributed by atoms with Gasteiger partial charge in [0.25, 0.3) is 0 Å². The highest BCUT2D eigenvalue weighted by Crippen LogP contribution is 2.49. The van der Waals surface area contributed by atoms with Gasteiger partial charge in [0, 0.05) is 0 Å². The first-order chi connectivity index (χ1) is 41.7. The maximum Gasteiger partial charge on any atom is -0.00204 e. The first kappa shape index (κ1) is 46.8. The molecule has 0 aliphatic heterocycles. The molecule has 0 saturated carbocycles. The average molecular weight is 1060 g/mol. The Labute approximate surface area is 485 Å². The number of hydrogen-bond acceptors (Lipinski definition) is 0. The van der Waals surface area contributed by atoms with Crippen molar-refractivity contribution in [2.45, 2.75) is 0 Å². The van der Waals surface area contributed by atoms with Gasteiger partial charge in [-0.1, -0.05) is 279 Å². The van der Waals surface area contributed by atoms with Crippen molar-refractivity contribution < 1.29 is 0 Å². The lowest BCUT2D eigenvalue weighted by molar-refractivity contribution is 1.67. The molecule has 0 aromatic heterocycles. The van der Waals surface area contributed by atoms with E-state index in [9.17, 15) is 0 Å². The Hall–Kier alpha value is -10.9. The second kappa shape index (κ2) is 18.3.